The number of aromatic carboxylic acids is 1. The first-order valence-corrected chi connectivity index (χ1v) is 8.31. The van der Waals surface area contributed by atoms with E-state index in [0.717, 1.165) is 25.0 Å². The van der Waals surface area contributed by atoms with Crippen molar-refractivity contribution in [2.45, 2.75) is 24.2 Å². The molecule has 0 heterocycles. The Bertz CT molecular complexity index is 643. The van der Waals surface area contributed by atoms with E-state index >= 15 is 0 Å². The highest BCUT2D eigenvalue weighted by Gasteiger charge is 2.26. The van der Waals surface area contributed by atoms with Crippen molar-refractivity contribution in [1.29, 1.82) is 0 Å². The van der Waals surface area contributed by atoms with E-state index in [2.05, 4.69) is 20.7 Å². The van der Waals surface area contributed by atoms with Crippen LogP contribution in [0.15, 0.2) is 21.5 Å². The maximum Gasteiger partial charge on any atom is 0.338 e. The van der Waals surface area contributed by atoms with Crippen LogP contribution in [0.1, 0.15) is 29.6 Å². The van der Waals surface area contributed by atoms with Gasteiger partial charge in [0.05, 0.1) is 5.56 Å². The second-order valence-corrected chi connectivity index (χ2v) is 7.35. The molecule has 1 aromatic rings. The molecule has 0 amide bonds. The molecule has 0 aliphatic heterocycles. The Kier molecular flexibility index (Phi) is 4.46. The van der Waals surface area contributed by atoms with Gasteiger partial charge >= 0.3 is 5.97 Å². The molecule has 1 aliphatic carbocycles. The molecule has 0 spiro atoms. The monoisotopic (exact) mass is 365 g/mol. The lowest BCUT2D eigenvalue weighted by Gasteiger charge is -2.09. The zero-order valence-corrected chi connectivity index (χ0v) is 12.8. The van der Waals surface area contributed by atoms with Crippen molar-refractivity contribution in [2.75, 3.05) is 6.54 Å². The molecule has 0 atom stereocenters. The third-order valence-corrected chi connectivity index (χ3v) is 4.98. The minimum absolute atomic E-state index is 0.193. The van der Waals surface area contributed by atoms with E-state index in [1.165, 1.54) is 0 Å². The molecule has 0 radical (unpaired) electrons. The van der Waals surface area contributed by atoms with Crippen LogP contribution in [0.3, 0.4) is 0 Å². The molecular formula is C12H13BrFNO4S. The van der Waals surface area contributed by atoms with Crippen LogP contribution >= 0.6 is 15.9 Å². The van der Waals surface area contributed by atoms with Crippen LogP contribution in [0.4, 0.5) is 4.39 Å². The van der Waals surface area contributed by atoms with Crippen molar-refractivity contribution >= 4 is 31.9 Å². The third-order valence-electron chi connectivity index (χ3n) is 3.07. The minimum atomic E-state index is -4.06. The van der Waals surface area contributed by atoms with Crippen molar-refractivity contribution in [3.8, 4) is 0 Å². The summed E-state index contributed by atoms with van der Waals surface area (Å²) in [6.45, 7) is 0.224. The summed E-state index contributed by atoms with van der Waals surface area (Å²) in [6, 6.07) is 2.09. The van der Waals surface area contributed by atoms with E-state index in [-0.39, 0.29) is 11.0 Å². The van der Waals surface area contributed by atoms with Crippen LogP contribution in [0.2, 0.25) is 0 Å². The Morgan fingerprint density at radius 1 is 1.45 bits per heavy atom. The molecule has 0 unspecified atom stereocenters. The molecule has 8 heteroatoms. The molecule has 110 valence electrons. The van der Waals surface area contributed by atoms with E-state index < -0.39 is 32.3 Å². The predicted octanol–water partition coefficient (Wildman–Crippen LogP) is 2.36. The zero-order valence-electron chi connectivity index (χ0n) is 10.4. The number of carbonyl (C=O) groups is 1. The molecule has 1 aromatic carbocycles. The summed E-state index contributed by atoms with van der Waals surface area (Å²) in [5.74, 6) is -2.22. The Balaban J connectivity index is 2.27. The van der Waals surface area contributed by atoms with Crippen LogP contribution in [0.5, 0.6) is 0 Å². The molecule has 1 fully saturated rings. The Labute approximate surface area is 124 Å². The first-order valence-electron chi connectivity index (χ1n) is 6.03. The highest BCUT2D eigenvalue weighted by atomic mass is 79.9. The van der Waals surface area contributed by atoms with Gasteiger partial charge in [-0.2, -0.15) is 0 Å². The Morgan fingerprint density at radius 3 is 2.65 bits per heavy atom. The number of nitrogens with one attached hydrogen (secondary N) is 1. The number of halogens is 2. The summed E-state index contributed by atoms with van der Waals surface area (Å²) >= 11 is 2.99. The number of benzene rings is 1. The number of sulfonamides is 1. The first-order chi connectivity index (χ1) is 9.31. The standard InChI is InChI=1S/C12H13BrFNO4S/c13-8-5-9(12(16)17)11(14)10(6-8)20(18,19)15-4-3-7-1-2-7/h5-7,15H,1-4H2,(H,16,17). The van der Waals surface area contributed by atoms with E-state index in [1.54, 1.807) is 0 Å². The van der Waals surface area contributed by atoms with E-state index in [9.17, 15) is 17.6 Å². The predicted molar refractivity (Wildman–Crippen MR) is 73.6 cm³/mol. The maximum atomic E-state index is 14.0. The molecule has 5 nitrogen and oxygen atoms in total. The van der Waals surface area contributed by atoms with Gasteiger partial charge in [0.1, 0.15) is 4.90 Å². The molecule has 2 N–H and O–H groups in total. The summed E-state index contributed by atoms with van der Waals surface area (Å²) in [5.41, 5.74) is -0.679. The fourth-order valence-corrected chi connectivity index (χ4v) is 3.58. The molecule has 2 rings (SSSR count). The summed E-state index contributed by atoms with van der Waals surface area (Å²) < 4.78 is 40.5. The summed E-state index contributed by atoms with van der Waals surface area (Å²) in [5, 5.41) is 8.86. The van der Waals surface area contributed by atoms with Crippen molar-refractivity contribution < 1.29 is 22.7 Å². The number of carboxylic acids is 1. The molecular weight excluding hydrogens is 353 g/mol. The van der Waals surface area contributed by atoms with Crippen LogP contribution in [-0.4, -0.2) is 26.0 Å². The van der Waals surface area contributed by atoms with Gasteiger partial charge < -0.3 is 5.11 Å². The van der Waals surface area contributed by atoms with Crippen LogP contribution in [0, 0.1) is 11.7 Å². The molecule has 0 aromatic heterocycles. The topological polar surface area (TPSA) is 83.5 Å². The highest BCUT2D eigenvalue weighted by molar-refractivity contribution is 9.10. The van der Waals surface area contributed by atoms with Gasteiger partial charge in [-0.3, -0.25) is 0 Å². The van der Waals surface area contributed by atoms with Crippen molar-refractivity contribution in [3.63, 3.8) is 0 Å². The SMILES string of the molecule is O=C(O)c1cc(Br)cc(S(=O)(=O)NCCC2CC2)c1F. The summed E-state index contributed by atoms with van der Waals surface area (Å²) in [7, 11) is -4.06. The van der Waals surface area contributed by atoms with Gasteiger partial charge in [-0.25, -0.2) is 22.3 Å². The summed E-state index contributed by atoms with van der Waals surface area (Å²) in [4.78, 5) is 10.2. The molecule has 0 bridgehead atoms. The number of hydrogen-bond acceptors (Lipinski definition) is 3. The largest absolute Gasteiger partial charge is 0.478 e. The number of hydrogen-bond donors (Lipinski definition) is 2. The third kappa shape index (κ3) is 3.56. The molecule has 1 saturated carbocycles. The van der Waals surface area contributed by atoms with Gasteiger partial charge in [-0.1, -0.05) is 28.8 Å². The lowest BCUT2D eigenvalue weighted by Crippen LogP contribution is -2.26. The van der Waals surface area contributed by atoms with Crippen molar-refractivity contribution in [3.05, 3.63) is 28.0 Å². The molecule has 0 saturated heterocycles. The van der Waals surface area contributed by atoms with Crippen molar-refractivity contribution in [1.82, 2.24) is 4.72 Å². The average molecular weight is 366 g/mol. The summed E-state index contributed by atoms with van der Waals surface area (Å²) in [6.07, 6.45) is 2.90. The fraction of sp³-hybridized carbons (Fsp3) is 0.417. The normalized spacial score (nSPS) is 15.3. The van der Waals surface area contributed by atoms with Crippen LogP contribution < -0.4 is 4.72 Å². The second kappa shape index (κ2) is 5.79. The van der Waals surface area contributed by atoms with Gasteiger partial charge in [0.15, 0.2) is 5.82 Å². The van der Waals surface area contributed by atoms with Crippen LogP contribution in [-0.2, 0) is 10.0 Å². The quantitative estimate of drug-likeness (QED) is 0.810. The first kappa shape index (κ1) is 15.4. The zero-order chi connectivity index (χ0) is 14.9. The van der Waals surface area contributed by atoms with Gasteiger partial charge in [-0.05, 0) is 24.5 Å². The molecule has 20 heavy (non-hydrogen) atoms. The van der Waals surface area contributed by atoms with E-state index in [1.807, 2.05) is 0 Å². The van der Waals surface area contributed by atoms with Crippen molar-refractivity contribution in [2.24, 2.45) is 5.92 Å². The Hall–Kier alpha value is -0.990. The highest BCUT2D eigenvalue weighted by Crippen LogP contribution is 2.32. The van der Waals surface area contributed by atoms with Gasteiger partial charge in [-0.15, -0.1) is 0 Å². The second-order valence-electron chi connectivity index (χ2n) is 4.70. The maximum absolute atomic E-state index is 14.0. The van der Waals surface area contributed by atoms with Gasteiger partial charge in [0.2, 0.25) is 10.0 Å². The van der Waals surface area contributed by atoms with Gasteiger partial charge in [0.25, 0.3) is 0 Å². The van der Waals surface area contributed by atoms with Gasteiger partial charge in [0, 0.05) is 11.0 Å². The van der Waals surface area contributed by atoms with Crippen LogP contribution in [0.25, 0.3) is 0 Å². The number of carboxylic acid groups (broad SMARTS) is 1. The van der Waals surface area contributed by atoms with E-state index in [4.69, 9.17) is 5.11 Å². The van der Waals surface area contributed by atoms with E-state index in [0.29, 0.717) is 12.3 Å². The lowest BCUT2D eigenvalue weighted by molar-refractivity contribution is 0.0691. The Morgan fingerprint density at radius 2 is 2.10 bits per heavy atom. The fourth-order valence-electron chi connectivity index (χ4n) is 1.80. The lowest BCUT2D eigenvalue weighted by atomic mass is 10.2. The number of rotatable bonds is 6. The minimum Gasteiger partial charge on any atom is -0.478 e. The molecule has 1 aliphatic rings. The smallest absolute Gasteiger partial charge is 0.338 e. The average Bonchev–Trinajstić information content (AvgIpc) is 3.15.